The van der Waals surface area contributed by atoms with Crippen molar-refractivity contribution in [2.75, 3.05) is 13.1 Å². The molecule has 0 spiro atoms. The highest BCUT2D eigenvalue weighted by atomic mass is 16.6. The Labute approximate surface area is 214 Å². The van der Waals surface area contributed by atoms with Crippen LogP contribution in [0, 0.1) is 23.7 Å². The first-order valence-corrected chi connectivity index (χ1v) is 13.7. The molecule has 3 rings (SSSR count). The second kappa shape index (κ2) is 15.5. The zero-order valence-corrected chi connectivity index (χ0v) is 21.3. The van der Waals surface area contributed by atoms with Gasteiger partial charge in [0.25, 0.3) is 0 Å². The third-order valence-electron chi connectivity index (χ3n) is 8.08. The SMILES string of the molecule is O=C=NCCCC1CCC(OC(=O)C2CC=CCC2C(=O)OC2CCC(CCCN=C=O)CC2)CC1. The summed E-state index contributed by atoms with van der Waals surface area (Å²) in [5.74, 6) is -0.324. The Balaban J connectivity index is 1.40. The molecular weight excluding hydrogens is 460 g/mol. The fraction of sp³-hybridized carbons (Fsp3) is 0.786. The molecule has 2 atom stereocenters. The van der Waals surface area contributed by atoms with Gasteiger partial charge < -0.3 is 9.47 Å². The molecule has 0 radical (unpaired) electrons. The highest BCUT2D eigenvalue weighted by molar-refractivity contribution is 5.83. The molecule has 8 nitrogen and oxygen atoms in total. The predicted molar refractivity (Wildman–Crippen MR) is 133 cm³/mol. The largest absolute Gasteiger partial charge is 0.462 e. The van der Waals surface area contributed by atoms with Crippen LogP contribution in [0.3, 0.4) is 0 Å². The van der Waals surface area contributed by atoms with Crippen LogP contribution in [0.15, 0.2) is 22.1 Å². The second-order valence-electron chi connectivity index (χ2n) is 10.5. The molecule has 3 aliphatic carbocycles. The van der Waals surface area contributed by atoms with Gasteiger partial charge in [0.05, 0.1) is 24.9 Å². The lowest BCUT2D eigenvalue weighted by Gasteiger charge is -2.33. The Morgan fingerprint density at radius 3 is 1.42 bits per heavy atom. The zero-order valence-electron chi connectivity index (χ0n) is 21.3. The van der Waals surface area contributed by atoms with E-state index in [4.69, 9.17) is 9.47 Å². The van der Waals surface area contributed by atoms with Crippen molar-refractivity contribution >= 4 is 24.1 Å². The van der Waals surface area contributed by atoms with Gasteiger partial charge in [-0.25, -0.2) is 19.6 Å². The Hall–Kier alpha value is -2.56. The van der Waals surface area contributed by atoms with E-state index in [-0.39, 0.29) is 24.1 Å². The smallest absolute Gasteiger partial charge is 0.310 e. The Morgan fingerprint density at radius 1 is 0.667 bits per heavy atom. The molecule has 0 aromatic heterocycles. The maximum Gasteiger partial charge on any atom is 0.310 e. The van der Waals surface area contributed by atoms with Crippen LogP contribution in [-0.4, -0.2) is 49.4 Å². The van der Waals surface area contributed by atoms with Crippen molar-refractivity contribution in [2.24, 2.45) is 33.7 Å². The van der Waals surface area contributed by atoms with E-state index >= 15 is 0 Å². The van der Waals surface area contributed by atoms with Crippen molar-refractivity contribution in [1.82, 2.24) is 0 Å². The number of nitrogens with zero attached hydrogens (tertiary/aromatic N) is 2. The van der Waals surface area contributed by atoms with Gasteiger partial charge in [0, 0.05) is 0 Å². The summed E-state index contributed by atoms with van der Waals surface area (Å²) < 4.78 is 11.8. The maximum atomic E-state index is 13.0. The lowest BCUT2D eigenvalue weighted by molar-refractivity contribution is -0.169. The lowest BCUT2D eigenvalue weighted by atomic mass is 9.82. The van der Waals surface area contributed by atoms with E-state index in [9.17, 15) is 19.2 Å². The number of rotatable bonds is 12. The first-order chi connectivity index (χ1) is 17.6. The Morgan fingerprint density at radius 2 is 1.06 bits per heavy atom. The average molecular weight is 501 g/mol. The van der Waals surface area contributed by atoms with E-state index in [2.05, 4.69) is 9.98 Å². The molecular formula is C28H40N2O6. The molecule has 2 unspecified atom stereocenters. The minimum absolute atomic E-state index is 0.0863. The number of carbonyl (C=O) groups excluding carboxylic acids is 4. The fourth-order valence-corrected chi connectivity index (χ4v) is 5.92. The molecule has 0 bridgehead atoms. The minimum Gasteiger partial charge on any atom is -0.462 e. The summed E-state index contributed by atoms with van der Waals surface area (Å²) in [7, 11) is 0. The summed E-state index contributed by atoms with van der Waals surface area (Å²) >= 11 is 0. The van der Waals surface area contributed by atoms with Crippen LogP contribution in [0.5, 0.6) is 0 Å². The van der Waals surface area contributed by atoms with Gasteiger partial charge in [-0.2, -0.15) is 0 Å². The van der Waals surface area contributed by atoms with Crippen LogP contribution in [0.1, 0.15) is 89.9 Å². The van der Waals surface area contributed by atoms with Crippen molar-refractivity contribution in [3.8, 4) is 0 Å². The molecule has 0 aliphatic heterocycles. The van der Waals surface area contributed by atoms with Gasteiger partial charge in [-0.1, -0.05) is 12.2 Å². The van der Waals surface area contributed by atoms with Crippen molar-refractivity contribution in [1.29, 1.82) is 0 Å². The van der Waals surface area contributed by atoms with Crippen LogP contribution in [-0.2, 0) is 28.7 Å². The van der Waals surface area contributed by atoms with Gasteiger partial charge >= 0.3 is 11.9 Å². The maximum absolute atomic E-state index is 13.0. The number of allylic oxidation sites excluding steroid dienone is 2. The summed E-state index contributed by atoms with van der Waals surface area (Å²) in [4.78, 5) is 53.6. The molecule has 0 aromatic rings. The second-order valence-corrected chi connectivity index (χ2v) is 10.5. The summed E-state index contributed by atoms with van der Waals surface area (Å²) in [6.07, 6.45) is 19.2. The number of carbonyl (C=O) groups is 2. The quantitative estimate of drug-likeness (QED) is 0.122. The van der Waals surface area contributed by atoms with Crippen molar-refractivity contribution < 1.29 is 28.7 Å². The van der Waals surface area contributed by atoms with Crippen LogP contribution >= 0.6 is 0 Å². The Kier molecular flexibility index (Phi) is 12.1. The molecule has 2 fully saturated rings. The molecule has 0 N–H and O–H groups in total. The van der Waals surface area contributed by atoms with Crippen LogP contribution in [0.25, 0.3) is 0 Å². The first kappa shape index (κ1) is 28.0. The monoisotopic (exact) mass is 500 g/mol. The van der Waals surface area contributed by atoms with Gasteiger partial charge in [0.15, 0.2) is 0 Å². The summed E-state index contributed by atoms with van der Waals surface area (Å²) in [6.45, 7) is 1.06. The van der Waals surface area contributed by atoms with E-state index in [1.165, 1.54) is 0 Å². The number of isocyanates is 2. The summed E-state index contributed by atoms with van der Waals surface area (Å²) in [5, 5.41) is 0. The molecule has 198 valence electrons. The molecule has 8 heteroatoms. The van der Waals surface area contributed by atoms with Gasteiger partial charge in [-0.3, -0.25) is 9.59 Å². The van der Waals surface area contributed by atoms with E-state index in [1.54, 1.807) is 12.2 Å². The number of ether oxygens (including phenoxy) is 2. The molecule has 2 saturated carbocycles. The van der Waals surface area contributed by atoms with Gasteiger partial charge in [-0.05, 0) is 102 Å². The third-order valence-corrected chi connectivity index (χ3v) is 8.08. The fourth-order valence-electron chi connectivity index (χ4n) is 5.92. The zero-order chi connectivity index (χ0) is 25.6. The number of hydrogen-bond donors (Lipinski definition) is 0. The molecule has 3 aliphatic rings. The average Bonchev–Trinajstić information content (AvgIpc) is 2.91. The van der Waals surface area contributed by atoms with Crippen molar-refractivity contribution in [3.63, 3.8) is 0 Å². The molecule has 0 aromatic carbocycles. The van der Waals surface area contributed by atoms with Gasteiger partial charge in [0.1, 0.15) is 12.2 Å². The number of esters is 2. The van der Waals surface area contributed by atoms with Crippen molar-refractivity contribution in [3.05, 3.63) is 12.2 Å². The summed E-state index contributed by atoms with van der Waals surface area (Å²) in [6, 6.07) is 0. The highest BCUT2D eigenvalue weighted by Crippen LogP contribution is 2.34. The van der Waals surface area contributed by atoms with Gasteiger partial charge in [0.2, 0.25) is 12.2 Å². The van der Waals surface area contributed by atoms with Gasteiger partial charge in [-0.15, -0.1) is 0 Å². The standard InChI is InChI=1S/C28H40N2O6/c31-19-29-17-3-5-21-9-13-23(14-10-21)35-27(33)25-7-1-2-8-26(25)28(34)36-24-15-11-22(12-16-24)6-4-18-30-20-32/h1-2,21-26H,3-18H2. The van der Waals surface area contributed by atoms with Crippen LogP contribution < -0.4 is 0 Å². The van der Waals surface area contributed by atoms with E-state index in [1.807, 2.05) is 12.2 Å². The minimum atomic E-state index is -0.476. The predicted octanol–water partition coefficient (Wildman–Crippen LogP) is 5.00. The molecule has 0 saturated heterocycles. The van der Waals surface area contributed by atoms with E-state index in [0.29, 0.717) is 37.8 Å². The van der Waals surface area contributed by atoms with E-state index in [0.717, 1.165) is 77.0 Å². The van der Waals surface area contributed by atoms with E-state index < -0.39 is 11.8 Å². The molecule has 0 heterocycles. The van der Waals surface area contributed by atoms with Crippen molar-refractivity contribution in [2.45, 2.75) is 102 Å². The Bertz CT molecular complexity index is 761. The first-order valence-electron chi connectivity index (χ1n) is 13.7. The number of aliphatic imine (C=N–C) groups is 2. The third kappa shape index (κ3) is 9.15. The normalized spacial score (nSPS) is 29.9. The van der Waals surface area contributed by atoms with Crippen LogP contribution in [0.2, 0.25) is 0 Å². The highest BCUT2D eigenvalue weighted by Gasteiger charge is 2.39. The number of hydrogen-bond acceptors (Lipinski definition) is 8. The summed E-state index contributed by atoms with van der Waals surface area (Å²) in [5.41, 5.74) is 0. The molecule has 36 heavy (non-hydrogen) atoms. The topological polar surface area (TPSA) is 111 Å². The van der Waals surface area contributed by atoms with Crippen LogP contribution in [0.4, 0.5) is 0 Å². The molecule has 0 amide bonds. The lowest BCUT2D eigenvalue weighted by Crippen LogP contribution is -2.38.